The van der Waals surface area contributed by atoms with Crippen LogP contribution in [0.25, 0.3) is 0 Å². The molecule has 2 aromatic carbocycles. The fourth-order valence-electron chi connectivity index (χ4n) is 2.81. The van der Waals surface area contributed by atoms with Crippen molar-refractivity contribution in [2.45, 2.75) is 24.9 Å². The first-order valence-electron chi connectivity index (χ1n) is 6.25. The van der Waals surface area contributed by atoms with Crippen LogP contribution in [0.15, 0.2) is 48.5 Å². The molecule has 0 spiro atoms. The molecule has 1 nitrogen and oxygen atoms in total. The Morgan fingerprint density at radius 2 is 1.72 bits per heavy atom. The number of hydrogen-bond donors (Lipinski definition) is 1. The Hall–Kier alpha value is -1.67. The van der Waals surface area contributed by atoms with Crippen LogP contribution in [0.1, 0.15) is 29.0 Å². The molecule has 0 bridgehead atoms. The SMILES string of the molecule is O[C@H]1Cc2ccccc2[C@@H](c2ccc(F)cc2)C1. The van der Waals surface area contributed by atoms with E-state index in [1.54, 1.807) is 0 Å². The van der Waals surface area contributed by atoms with Crippen molar-refractivity contribution in [2.24, 2.45) is 0 Å². The van der Waals surface area contributed by atoms with Gasteiger partial charge in [0, 0.05) is 5.92 Å². The van der Waals surface area contributed by atoms with Gasteiger partial charge < -0.3 is 5.11 Å². The Labute approximate surface area is 106 Å². The summed E-state index contributed by atoms with van der Waals surface area (Å²) in [7, 11) is 0. The van der Waals surface area contributed by atoms with Crippen LogP contribution in [0, 0.1) is 5.82 Å². The summed E-state index contributed by atoms with van der Waals surface area (Å²) in [6, 6.07) is 14.8. The summed E-state index contributed by atoms with van der Waals surface area (Å²) < 4.78 is 13.0. The zero-order chi connectivity index (χ0) is 12.5. The first-order chi connectivity index (χ1) is 8.74. The molecule has 0 saturated heterocycles. The molecule has 0 heterocycles. The minimum absolute atomic E-state index is 0.172. The Bertz CT molecular complexity index is 547. The van der Waals surface area contributed by atoms with Gasteiger partial charge in [0.2, 0.25) is 0 Å². The number of fused-ring (bicyclic) bond motifs is 1. The molecule has 3 rings (SSSR count). The Kier molecular flexibility index (Phi) is 2.88. The molecule has 18 heavy (non-hydrogen) atoms. The van der Waals surface area contributed by atoms with E-state index >= 15 is 0 Å². The van der Waals surface area contributed by atoms with E-state index in [-0.39, 0.29) is 17.8 Å². The number of benzene rings is 2. The summed E-state index contributed by atoms with van der Waals surface area (Å²) in [4.78, 5) is 0. The van der Waals surface area contributed by atoms with Gasteiger partial charge in [-0.05, 0) is 41.7 Å². The normalized spacial score (nSPS) is 22.6. The maximum Gasteiger partial charge on any atom is 0.123 e. The number of halogens is 1. The number of hydrogen-bond acceptors (Lipinski definition) is 1. The molecular formula is C16H15FO. The minimum atomic E-state index is -0.310. The number of aliphatic hydroxyl groups is 1. The lowest BCUT2D eigenvalue weighted by Gasteiger charge is -2.29. The average Bonchev–Trinajstić information content (AvgIpc) is 2.38. The molecule has 0 fully saturated rings. The third-order valence-corrected chi connectivity index (χ3v) is 3.67. The van der Waals surface area contributed by atoms with Gasteiger partial charge in [0.15, 0.2) is 0 Å². The molecule has 0 unspecified atom stereocenters. The molecule has 0 amide bonds. The highest BCUT2D eigenvalue weighted by Crippen LogP contribution is 2.36. The van der Waals surface area contributed by atoms with Crippen molar-refractivity contribution in [3.63, 3.8) is 0 Å². The van der Waals surface area contributed by atoms with Gasteiger partial charge >= 0.3 is 0 Å². The third-order valence-electron chi connectivity index (χ3n) is 3.67. The van der Waals surface area contributed by atoms with E-state index < -0.39 is 0 Å². The van der Waals surface area contributed by atoms with Crippen LogP contribution in [0.3, 0.4) is 0 Å². The molecule has 92 valence electrons. The second kappa shape index (κ2) is 4.54. The van der Waals surface area contributed by atoms with Crippen molar-refractivity contribution in [1.29, 1.82) is 0 Å². The van der Waals surface area contributed by atoms with E-state index in [0.717, 1.165) is 5.56 Å². The fraction of sp³-hybridized carbons (Fsp3) is 0.250. The Balaban J connectivity index is 2.04. The number of rotatable bonds is 1. The van der Waals surface area contributed by atoms with E-state index in [1.165, 1.54) is 23.3 Å². The van der Waals surface area contributed by atoms with Crippen LogP contribution < -0.4 is 0 Å². The maximum absolute atomic E-state index is 13.0. The molecule has 0 radical (unpaired) electrons. The predicted octanol–water partition coefficient (Wildman–Crippen LogP) is 3.26. The van der Waals surface area contributed by atoms with Gasteiger partial charge in [-0.15, -0.1) is 0 Å². The maximum atomic E-state index is 13.0. The molecule has 2 heteroatoms. The third kappa shape index (κ3) is 2.04. The first kappa shape index (κ1) is 11.4. The van der Waals surface area contributed by atoms with Gasteiger partial charge in [-0.2, -0.15) is 0 Å². The quantitative estimate of drug-likeness (QED) is 0.813. The summed E-state index contributed by atoms with van der Waals surface area (Å²) in [5.41, 5.74) is 3.53. The molecule has 2 aromatic rings. The molecule has 1 aliphatic rings. The molecule has 1 aliphatic carbocycles. The van der Waals surface area contributed by atoms with E-state index in [2.05, 4.69) is 12.1 Å². The van der Waals surface area contributed by atoms with E-state index in [4.69, 9.17) is 0 Å². The van der Waals surface area contributed by atoms with Crippen molar-refractivity contribution in [2.75, 3.05) is 0 Å². The molecule has 0 aliphatic heterocycles. The smallest absolute Gasteiger partial charge is 0.123 e. The average molecular weight is 242 g/mol. The van der Waals surface area contributed by atoms with Gasteiger partial charge in [0.1, 0.15) is 5.82 Å². The highest BCUT2D eigenvalue weighted by Gasteiger charge is 2.26. The summed E-state index contributed by atoms with van der Waals surface area (Å²) in [6.45, 7) is 0. The minimum Gasteiger partial charge on any atom is -0.393 e. The standard InChI is InChI=1S/C16H15FO/c17-13-7-5-11(6-8-13)16-10-14(18)9-12-3-1-2-4-15(12)16/h1-8,14,16,18H,9-10H2/t14-,16+/m0/s1. The van der Waals surface area contributed by atoms with E-state index in [9.17, 15) is 9.50 Å². The van der Waals surface area contributed by atoms with E-state index in [0.29, 0.717) is 12.8 Å². The molecular weight excluding hydrogens is 227 g/mol. The Morgan fingerprint density at radius 3 is 2.50 bits per heavy atom. The summed E-state index contributed by atoms with van der Waals surface area (Å²) in [5, 5.41) is 9.97. The van der Waals surface area contributed by atoms with Crippen LogP contribution >= 0.6 is 0 Å². The van der Waals surface area contributed by atoms with Gasteiger partial charge in [0.05, 0.1) is 6.10 Å². The van der Waals surface area contributed by atoms with Gasteiger partial charge in [0.25, 0.3) is 0 Å². The Morgan fingerprint density at radius 1 is 1.00 bits per heavy atom. The zero-order valence-electron chi connectivity index (χ0n) is 10.0. The predicted molar refractivity (Wildman–Crippen MR) is 69.0 cm³/mol. The summed E-state index contributed by atoms with van der Waals surface area (Å²) in [5.74, 6) is -0.0473. The van der Waals surface area contributed by atoms with Crippen LogP contribution in [-0.2, 0) is 6.42 Å². The van der Waals surface area contributed by atoms with Gasteiger partial charge in [-0.1, -0.05) is 36.4 Å². The zero-order valence-corrected chi connectivity index (χ0v) is 10.0. The van der Waals surface area contributed by atoms with Crippen LogP contribution in [0.2, 0.25) is 0 Å². The molecule has 0 aromatic heterocycles. The second-order valence-electron chi connectivity index (χ2n) is 4.90. The second-order valence-corrected chi connectivity index (χ2v) is 4.90. The van der Waals surface area contributed by atoms with Crippen LogP contribution in [0.4, 0.5) is 4.39 Å². The monoisotopic (exact) mass is 242 g/mol. The van der Waals surface area contributed by atoms with Crippen molar-refractivity contribution in [1.82, 2.24) is 0 Å². The van der Waals surface area contributed by atoms with Crippen molar-refractivity contribution >= 4 is 0 Å². The van der Waals surface area contributed by atoms with Crippen LogP contribution in [0.5, 0.6) is 0 Å². The largest absolute Gasteiger partial charge is 0.393 e. The van der Waals surface area contributed by atoms with Crippen molar-refractivity contribution in [3.05, 3.63) is 71.0 Å². The molecule has 2 atom stereocenters. The first-order valence-corrected chi connectivity index (χ1v) is 6.25. The van der Waals surface area contributed by atoms with E-state index in [1.807, 2.05) is 24.3 Å². The van der Waals surface area contributed by atoms with Crippen LogP contribution in [-0.4, -0.2) is 11.2 Å². The number of aliphatic hydroxyl groups excluding tert-OH is 1. The molecule has 0 saturated carbocycles. The topological polar surface area (TPSA) is 20.2 Å². The highest BCUT2D eigenvalue weighted by atomic mass is 19.1. The lowest BCUT2D eigenvalue weighted by atomic mass is 9.78. The van der Waals surface area contributed by atoms with Crippen molar-refractivity contribution in [3.8, 4) is 0 Å². The van der Waals surface area contributed by atoms with Gasteiger partial charge in [-0.25, -0.2) is 4.39 Å². The highest BCUT2D eigenvalue weighted by molar-refractivity contribution is 5.40. The van der Waals surface area contributed by atoms with Gasteiger partial charge in [-0.3, -0.25) is 0 Å². The molecule has 1 N–H and O–H groups in total. The summed E-state index contributed by atoms with van der Waals surface area (Å²) >= 11 is 0. The van der Waals surface area contributed by atoms with Crippen molar-refractivity contribution < 1.29 is 9.50 Å². The lowest BCUT2D eigenvalue weighted by Crippen LogP contribution is -2.23. The summed E-state index contributed by atoms with van der Waals surface area (Å²) in [6.07, 6.45) is 1.12. The lowest BCUT2D eigenvalue weighted by molar-refractivity contribution is 0.152. The fourth-order valence-corrected chi connectivity index (χ4v) is 2.81.